The van der Waals surface area contributed by atoms with Gasteiger partial charge in [-0.1, -0.05) is 6.07 Å². The van der Waals surface area contributed by atoms with E-state index in [2.05, 4.69) is 5.32 Å². The molecule has 128 valence electrons. The zero-order chi connectivity index (χ0) is 17.7. The third kappa shape index (κ3) is 4.22. The van der Waals surface area contributed by atoms with E-state index < -0.39 is 10.0 Å². The molecule has 0 unspecified atom stereocenters. The maximum atomic E-state index is 12.2. The first kappa shape index (κ1) is 18.2. The van der Waals surface area contributed by atoms with Gasteiger partial charge in [-0.3, -0.25) is 4.79 Å². The Labute approximate surface area is 145 Å². The fourth-order valence-corrected chi connectivity index (χ4v) is 3.42. The van der Waals surface area contributed by atoms with E-state index in [1.165, 1.54) is 56.8 Å². The van der Waals surface area contributed by atoms with Gasteiger partial charge in [0, 0.05) is 25.0 Å². The zero-order valence-electron chi connectivity index (χ0n) is 13.5. The lowest BCUT2D eigenvalue weighted by Gasteiger charge is -2.14. The minimum Gasteiger partial charge on any atom is -0.495 e. The Kier molecular flexibility index (Phi) is 5.76. The van der Waals surface area contributed by atoms with Gasteiger partial charge in [-0.25, -0.2) is 12.7 Å². The topological polar surface area (TPSA) is 75.7 Å². The lowest BCUT2D eigenvalue weighted by Crippen LogP contribution is -2.22. The molecule has 0 aliphatic rings. The van der Waals surface area contributed by atoms with Gasteiger partial charge >= 0.3 is 0 Å². The molecular formula is C16H18N2O4S2. The molecule has 0 radical (unpaired) electrons. The molecule has 1 amide bonds. The smallest absolute Gasteiger partial charge is 0.248 e. The van der Waals surface area contributed by atoms with Gasteiger partial charge in [-0.2, -0.15) is 0 Å². The zero-order valence-corrected chi connectivity index (χ0v) is 15.1. The minimum absolute atomic E-state index is 0.0748. The predicted octanol–water partition coefficient (Wildman–Crippen LogP) is 2.66. The number of hydrogen-bond donors (Lipinski definition) is 1. The van der Waals surface area contributed by atoms with Crippen LogP contribution in [0.3, 0.4) is 0 Å². The Morgan fingerprint density at radius 1 is 1.29 bits per heavy atom. The van der Waals surface area contributed by atoms with Crippen LogP contribution in [-0.4, -0.2) is 39.8 Å². The Hall–Kier alpha value is -2.16. The number of nitrogens with one attached hydrogen (secondary N) is 1. The number of methoxy groups -OCH3 is 1. The van der Waals surface area contributed by atoms with Crippen LogP contribution in [0, 0.1) is 0 Å². The SMILES string of the molecule is COc1ccc(S(=O)(=O)N(C)C)cc1NC(=O)/C=C\c1cccs1. The average molecular weight is 366 g/mol. The number of sulfonamides is 1. The Morgan fingerprint density at radius 2 is 2.04 bits per heavy atom. The van der Waals surface area contributed by atoms with Crippen LogP contribution in [0.5, 0.6) is 5.75 Å². The van der Waals surface area contributed by atoms with E-state index in [1.807, 2.05) is 17.5 Å². The standard InChI is InChI=1S/C16H18N2O4S2/c1-18(2)24(20,21)13-7-8-15(22-3)14(11-13)17-16(19)9-6-12-5-4-10-23-12/h4-11H,1-3H3,(H,17,19)/b9-6-. The molecule has 1 heterocycles. The number of hydrogen-bond acceptors (Lipinski definition) is 5. The largest absolute Gasteiger partial charge is 0.495 e. The molecule has 0 aliphatic heterocycles. The Morgan fingerprint density at radius 3 is 2.62 bits per heavy atom. The third-order valence-corrected chi connectivity index (χ3v) is 5.80. The summed E-state index contributed by atoms with van der Waals surface area (Å²) in [4.78, 5) is 13.1. The van der Waals surface area contributed by atoms with Gasteiger partial charge < -0.3 is 10.1 Å². The number of carbonyl (C=O) groups excluding carboxylic acids is 1. The molecule has 0 spiro atoms. The monoisotopic (exact) mass is 366 g/mol. The second-order valence-electron chi connectivity index (χ2n) is 4.99. The van der Waals surface area contributed by atoms with Crippen LogP contribution in [0.4, 0.5) is 5.69 Å². The number of benzene rings is 1. The highest BCUT2D eigenvalue weighted by atomic mass is 32.2. The van der Waals surface area contributed by atoms with Crippen LogP contribution in [0.1, 0.15) is 4.88 Å². The highest BCUT2D eigenvalue weighted by Crippen LogP contribution is 2.28. The van der Waals surface area contributed by atoms with Crippen molar-refractivity contribution in [3.05, 3.63) is 46.7 Å². The summed E-state index contributed by atoms with van der Waals surface area (Å²) in [5, 5.41) is 4.56. The Balaban J connectivity index is 2.26. The molecule has 1 N–H and O–H groups in total. The summed E-state index contributed by atoms with van der Waals surface area (Å²) < 4.78 is 30.7. The molecule has 0 saturated heterocycles. The van der Waals surface area contributed by atoms with Crippen LogP contribution < -0.4 is 10.1 Å². The average Bonchev–Trinajstić information content (AvgIpc) is 3.06. The second kappa shape index (κ2) is 7.61. The summed E-state index contributed by atoms with van der Waals surface area (Å²) >= 11 is 1.51. The quantitative estimate of drug-likeness (QED) is 0.798. The molecule has 2 aromatic rings. The molecule has 0 saturated carbocycles. The number of ether oxygens (including phenoxy) is 1. The molecule has 0 atom stereocenters. The van der Waals surface area contributed by atoms with E-state index >= 15 is 0 Å². The molecular weight excluding hydrogens is 348 g/mol. The molecule has 6 nitrogen and oxygen atoms in total. The number of carbonyl (C=O) groups is 1. The van der Waals surface area contributed by atoms with E-state index in [0.29, 0.717) is 11.4 Å². The van der Waals surface area contributed by atoms with Gasteiger partial charge in [0.15, 0.2) is 0 Å². The number of thiophene rings is 1. The summed E-state index contributed by atoms with van der Waals surface area (Å²) in [6, 6.07) is 8.10. The van der Waals surface area contributed by atoms with E-state index in [9.17, 15) is 13.2 Å². The Bertz CT molecular complexity index is 841. The van der Waals surface area contributed by atoms with Gasteiger partial charge in [-0.15, -0.1) is 11.3 Å². The highest BCUT2D eigenvalue weighted by Gasteiger charge is 2.19. The normalized spacial score (nSPS) is 11.8. The first-order valence-corrected chi connectivity index (χ1v) is 9.29. The number of amides is 1. The molecule has 1 aromatic heterocycles. The minimum atomic E-state index is -3.60. The molecule has 0 fully saturated rings. The molecule has 0 aliphatic carbocycles. The predicted molar refractivity (Wildman–Crippen MR) is 95.8 cm³/mol. The van der Waals surface area contributed by atoms with Crippen molar-refractivity contribution in [1.82, 2.24) is 4.31 Å². The molecule has 24 heavy (non-hydrogen) atoms. The van der Waals surface area contributed by atoms with E-state index in [1.54, 1.807) is 6.08 Å². The van der Waals surface area contributed by atoms with Crippen molar-refractivity contribution in [2.24, 2.45) is 0 Å². The van der Waals surface area contributed by atoms with Crippen LogP contribution >= 0.6 is 11.3 Å². The fraction of sp³-hybridized carbons (Fsp3) is 0.188. The maximum absolute atomic E-state index is 12.2. The lowest BCUT2D eigenvalue weighted by molar-refractivity contribution is -0.111. The van der Waals surface area contributed by atoms with Crippen LogP contribution in [0.2, 0.25) is 0 Å². The van der Waals surface area contributed by atoms with E-state index in [0.717, 1.165) is 9.18 Å². The van der Waals surface area contributed by atoms with Gasteiger partial charge in [0.05, 0.1) is 17.7 Å². The summed E-state index contributed by atoms with van der Waals surface area (Å²) in [7, 11) is 0.745. The van der Waals surface area contributed by atoms with Crippen LogP contribution in [-0.2, 0) is 14.8 Å². The number of anilines is 1. The summed E-state index contributed by atoms with van der Waals surface area (Å²) in [5.74, 6) is 0.00619. The van der Waals surface area contributed by atoms with Crippen molar-refractivity contribution in [3.8, 4) is 5.75 Å². The van der Waals surface area contributed by atoms with Crippen molar-refractivity contribution >= 4 is 39.0 Å². The number of nitrogens with zero attached hydrogens (tertiary/aromatic N) is 1. The highest BCUT2D eigenvalue weighted by molar-refractivity contribution is 7.89. The maximum Gasteiger partial charge on any atom is 0.248 e. The van der Waals surface area contributed by atoms with Crippen molar-refractivity contribution in [3.63, 3.8) is 0 Å². The number of rotatable bonds is 6. The van der Waals surface area contributed by atoms with Gasteiger partial charge in [0.25, 0.3) is 0 Å². The lowest BCUT2D eigenvalue weighted by atomic mass is 10.3. The van der Waals surface area contributed by atoms with Gasteiger partial charge in [0.1, 0.15) is 5.75 Å². The molecule has 8 heteroatoms. The molecule has 1 aromatic carbocycles. The van der Waals surface area contributed by atoms with Crippen LogP contribution in [0.15, 0.2) is 46.7 Å². The van der Waals surface area contributed by atoms with Gasteiger partial charge in [-0.05, 0) is 35.7 Å². The first-order chi connectivity index (χ1) is 11.3. The van der Waals surface area contributed by atoms with E-state index in [4.69, 9.17) is 4.74 Å². The van der Waals surface area contributed by atoms with Crippen molar-refractivity contribution in [2.75, 3.05) is 26.5 Å². The van der Waals surface area contributed by atoms with Gasteiger partial charge in [0.2, 0.25) is 15.9 Å². The molecule has 2 rings (SSSR count). The van der Waals surface area contributed by atoms with Crippen molar-refractivity contribution < 1.29 is 17.9 Å². The first-order valence-electron chi connectivity index (χ1n) is 6.97. The van der Waals surface area contributed by atoms with E-state index in [-0.39, 0.29) is 10.8 Å². The van der Waals surface area contributed by atoms with Crippen molar-refractivity contribution in [2.45, 2.75) is 4.90 Å². The fourth-order valence-electron chi connectivity index (χ4n) is 1.87. The summed E-state index contributed by atoms with van der Waals surface area (Å²) in [6.45, 7) is 0. The molecule has 0 bridgehead atoms. The summed E-state index contributed by atoms with van der Waals surface area (Å²) in [6.07, 6.45) is 3.07. The third-order valence-electron chi connectivity index (χ3n) is 3.15. The van der Waals surface area contributed by atoms with Crippen LogP contribution in [0.25, 0.3) is 6.08 Å². The second-order valence-corrected chi connectivity index (χ2v) is 8.12. The summed E-state index contributed by atoms with van der Waals surface area (Å²) in [5.41, 5.74) is 0.293. The van der Waals surface area contributed by atoms with Crippen molar-refractivity contribution in [1.29, 1.82) is 0 Å².